The Morgan fingerprint density at radius 2 is 2.19 bits per heavy atom. The van der Waals surface area contributed by atoms with Crippen molar-refractivity contribution in [3.05, 3.63) is 34.9 Å². The fourth-order valence-corrected chi connectivity index (χ4v) is 3.89. The standard InChI is InChI=1S/C16H21ClN2O.ClH/c17-14-7-2-1-5-12(14)9-19-15(20)16-8-4-3-6-13(16)10-18-11-16;/h1-2,5,7,13,18H,3-4,6,8-11H2,(H,19,20);1H/t13-,16+;/m0./s1. The van der Waals surface area contributed by atoms with E-state index in [0.717, 1.165) is 36.5 Å². The lowest BCUT2D eigenvalue weighted by molar-refractivity contribution is -0.134. The van der Waals surface area contributed by atoms with Gasteiger partial charge in [-0.3, -0.25) is 4.79 Å². The van der Waals surface area contributed by atoms with Gasteiger partial charge in [0.15, 0.2) is 0 Å². The Morgan fingerprint density at radius 3 is 3.00 bits per heavy atom. The predicted molar refractivity (Wildman–Crippen MR) is 87.8 cm³/mol. The predicted octanol–water partition coefficient (Wildman–Crippen LogP) is 3.16. The highest BCUT2D eigenvalue weighted by Crippen LogP contribution is 2.43. The molecule has 21 heavy (non-hydrogen) atoms. The van der Waals surface area contributed by atoms with Gasteiger partial charge < -0.3 is 10.6 Å². The summed E-state index contributed by atoms with van der Waals surface area (Å²) >= 11 is 6.14. The number of hydrogen-bond donors (Lipinski definition) is 2. The van der Waals surface area contributed by atoms with Crippen LogP contribution in [0.15, 0.2) is 24.3 Å². The van der Waals surface area contributed by atoms with Gasteiger partial charge >= 0.3 is 0 Å². The Kier molecular flexibility index (Phi) is 5.53. The number of fused-ring (bicyclic) bond motifs is 1. The van der Waals surface area contributed by atoms with Crippen LogP contribution in [0.5, 0.6) is 0 Å². The van der Waals surface area contributed by atoms with Gasteiger partial charge in [-0.2, -0.15) is 0 Å². The van der Waals surface area contributed by atoms with Crippen LogP contribution in [0.25, 0.3) is 0 Å². The van der Waals surface area contributed by atoms with Crippen molar-refractivity contribution in [3.8, 4) is 0 Å². The van der Waals surface area contributed by atoms with Crippen LogP contribution in [0.3, 0.4) is 0 Å². The Labute approximate surface area is 137 Å². The number of benzene rings is 1. The van der Waals surface area contributed by atoms with Gasteiger partial charge in [-0.15, -0.1) is 12.4 Å². The zero-order valence-electron chi connectivity index (χ0n) is 12.0. The average Bonchev–Trinajstić information content (AvgIpc) is 2.91. The molecule has 0 aromatic heterocycles. The molecule has 1 aliphatic carbocycles. The monoisotopic (exact) mass is 328 g/mol. The van der Waals surface area contributed by atoms with Gasteiger partial charge in [0, 0.05) is 18.1 Å². The number of carbonyl (C=O) groups is 1. The van der Waals surface area contributed by atoms with Gasteiger partial charge in [-0.05, 0) is 36.9 Å². The summed E-state index contributed by atoms with van der Waals surface area (Å²) in [6.07, 6.45) is 4.61. The maximum absolute atomic E-state index is 12.7. The Hall–Kier alpha value is -0.770. The van der Waals surface area contributed by atoms with Crippen LogP contribution in [0.1, 0.15) is 31.2 Å². The van der Waals surface area contributed by atoms with E-state index in [0.29, 0.717) is 12.5 Å². The van der Waals surface area contributed by atoms with Crippen molar-refractivity contribution in [2.24, 2.45) is 11.3 Å². The fourth-order valence-electron chi connectivity index (χ4n) is 3.68. The lowest BCUT2D eigenvalue weighted by Gasteiger charge is -2.37. The molecule has 2 N–H and O–H groups in total. The van der Waals surface area contributed by atoms with E-state index in [-0.39, 0.29) is 23.7 Å². The van der Waals surface area contributed by atoms with E-state index in [1.807, 2.05) is 24.3 Å². The molecular formula is C16H22Cl2N2O. The smallest absolute Gasteiger partial charge is 0.228 e. The molecule has 1 saturated heterocycles. The Balaban J connectivity index is 0.00000161. The minimum absolute atomic E-state index is 0. The third-order valence-electron chi connectivity index (χ3n) is 4.89. The van der Waals surface area contributed by atoms with Gasteiger partial charge in [-0.25, -0.2) is 0 Å². The third kappa shape index (κ3) is 3.20. The number of amides is 1. The van der Waals surface area contributed by atoms with Gasteiger partial charge in [0.05, 0.1) is 5.41 Å². The summed E-state index contributed by atoms with van der Waals surface area (Å²) in [5.74, 6) is 0.703. The first-order valence-electron chi connectivity index (χ1n) is 7.45. The van der Waals surface area contributed by atoms with E-state index >= 15 is 0 Å². The molecule has 3 nitrogen and oxygen atoms in total. The summed E-state index contributed by atoms with van der Waals surface area (Å²) in [6.45, 7) is 2.33. The van der Waals surface area contributed by atoms with Crippen molar-refractivity contribution < 1.29 is 4.79 Å². The van der Waals surface area contributed by atoms with Crippen LogP contribution in [0.2, 0.25) is 5.02 Å². The molecule has 3 rings (SSSR count). The van der Waals surface area contributed by atoms with Crippen LogP contribution in [-0.2, 0) is 11.3 Å². The van der Waals surface area contributed by atoms with E-state index in [2.05, 4.69) is 10.6 Å². The number of carbonyl (C=O) groups excluding carboxylic acids is 1. The summed E-state index contributed by atoms with van der Waals surface area (Å²) in [6, 6.07) is 7.68. The number of halogens is 2. The van der Waals surface area contributed by atoms with Crippen LogP contribution < -0.4 is 10.6 Å². The van der Waals surface area contributed by atoms with Gasteiger partial charge in [0.25, 0.3) is 0 Å². The fraction of sp³-hybridized carbons (Fsp3) is 0.562. The van der Waals surface area contributed by atoms with Crippen molar-refractivity contribution in [1.82, 2.24) is 10.6 Å². The second-order valence-electron chi connectivity index (χ2n) is 6.00. The topological polar surface area (TPSA) is 41.1 Å². The largest absolute Gasteiger partial charge is 0.351 e. The minimum atomic E-state index is -0.181. The van der Waals surface area contributed by atoms with Crippen LogP contribution in [0.4, 0.5) is 0 Å². The normalized spacial score (nSPS) is 27.6. The summed E-state index contributed by atoms with van der Waals surface area (Å²) in [7, 11) is 0. The molecule has 1 aromatic carbocycles. The SMILES string of the molecule is Cl.O=C(NCc1ccccc1Cl)[C@@]12CCCC[C@H]1CNC2. The van der Waals surface area contributed by atoms with Crippen molar-refractivity contribution in [1.29, 1.82) is 0 Å². The Bertz CT molecular complexity index is 509. The first-order chi connectivity index (χ1) is 9.72. The van der Waals surface area contributed by atoms with Crippen LogP contribution in [-0.4, -0.2) is 19.0 Å². The highest BCUT2D eigenvalue weighted by Gasteiger charge is 2.49. The molecule has 1 amide bonds. The quantitative estimate of drug-likeness (QED) is 0.894. The zero-order valence-corrected chi connectivity index (χ0v) is 13.6. The summed E-state index contributed by atoms with van der Waals surface area (Å²) in [5, 5.41) is 7.23. The van der Waals surface area contributed by atoms with Gasteiger partial charge in [0.2, 0.25) is 5.91 Å². The molecule has 2 atom stereocenters. The molecule has 0 radical (unpaired) electrons. The molecule has 0 spiro atoms. The molecule has 1 heterocycles. The first-order valence-corrected chi connectivity index (χ1v) is 7.82. The molecule has 5 heteroatoms. The number of rotatable bonds is 3. The van der Waals surface area contributed by atoms with Crippen LogP contribution in [0, 0.1) is 11.3 Å². The maximum atomic E-state index is 12.7. The van der Waals surface area contributed by atoms with E-state index in [9.17, 15) is 4.79 Å². The molecular weight excluding hydrogens is 307 g/mol. The first kappa shape index (κ1) is 16.6. The summed E-state index contributed by atoms with van der Waals surface area (Å²) < 4.78 is 0. The lowest BCUT2D eigenvalue weighted by atomic mass is 9.67. The molecule has 116 valence electrons. The lowest BCUT2D eigenvalue weighted by Crippen LogP contribution is -2.47. The molecule has 0 bridgehead atoms. The second kappa shape index (κ2) is 6.99. The summed E-state index contributed by atoms with van der Waals surface area (Å²) in [5.41, 5.74) is 0.803. The number of hydrogen-bond acceptors (Lipinski definition) is 2. The van der Waals surface area contributed by atoms with E-state index in [1.165, 1.54) is 12.8 Å². The number of nitrogens with one attached hydrogen (secondary N) is 2. The zero-order chi connectivity index (χ0) is 14.0. The third-order valence-corrected chi connectivity index (χ3v) is 5.26. The highest BCUT2D eigenvalue weighted by molar-refractivity contribution is 6.31. The van der Waals surface area contributed by atoms with Crippen molar-refractivity contribution in [2.75, 3.05) is 13.1 Å². The molecule has 0 unspecified atom stereocenters. The van der Waals surface area contributed by atoms with Crippen molar-refractivity contribution >= 4 is 29.9 Å². The summed E-state index contributed by atoms with van der Waals surface area (Å²) in [4.78, 5) is 12.7. The van der Waals surface area contributed by atoms with Crippen molar-refractivity contribution in [2.45, 2.75) is 32.2 Å². The molecule has 1 saturated carbocycles. The molecule has 2 aliphatic rings. The Morgan fingerprint density at radius 1 is 1.38 bits per heavy atom. The van der Waals surface area contributed by atoms with Gasteiger partial charge in [0.1, 0.15) is 0 Å². The highest BCUT2D eigenvalue weighted by atomic mass is 35.5. The van der Waals surface area contributed by atoms with E-state index in [4.69, 9.17) is 11.6 Å². The van der Waals surface area contributed by atoms with E-state index in [1.54, 1.807) is 0 Å². The molecule has 2 fully saturated rings. The van der Waals surface area contributed by atoms with Crippen LogP contribution >= 0.6 is 24.0 Å². The average molecular weight is 329 g/mol. The van der Waals surface area contributed by atoms with Crippen molar-refractivity contribution in [3.63, 3.8) is 0 Å². The molecule has 1 aromatic rings. The maximum Gasteiger partial charge on any atom is 0.228 e. The van der Waals surface area contributed by atoms with Gasteiger partial charge in [-0.1, -0.05) is 42.6 Å². The minimum Gasteiger partial charge on any atom is -0.351 e. The molecule has 1 aliphatic heterocycles. The van der Waals surface area contributed by atoms with E-state index < -0.39 is 0 Å². The second-order valence-corrected chi connectivity index (χ2v) is 6.41.